The van der Waals surface area contributed by atoms with E-state index in [1.54, 1.807) is 51.4 Å². The van der Waals surface area contributed by atoms with Crippen LogP contribution in [0.15, 0.2) is 0 Å². The van der Waals surface area contributed by atoms with Crippen LogP contribution in [0, 0.1) is 47.3 Å². The van der Waals surface area contributed by atoms with E-state index in [0.717, 1.165) is 60.5 Å². The van der Waals surface area contributed by atoms with Crippen LogP contribution < -0.4 is 0 Å². The molecule has 2 nitrogen and oxygen atoms in total. The average Bonchev–Trinajstić information content (AvgIpc) is 3.89. The molecular weight excluding hydrogens is 583 g/mol. The van der Waals surface area contributed by atoms with E-state index >= 15 is 0 Å². The van der Waals surface area contributed by atoms with Gasteiger partial charge in [0.05, 0.1) is 6.10 Å². The number of ether oxygens (including phenoxy) is 1. The Morgan fingerprint density at radius 1 is 0.438 bits per heavy atom. The summed E-state index contributed by atoms with van der Waals surface area (Å²) in [6, 6.07) is 0. The van der Waals surface area contributed by atoms with Crippen LogP contribution >= 0.6 is 0 Å². The van der Waals surface area contributed by atoms with Gasteiger partial charge < -0.3 is 9.64 Å². The molecule has 0 aromatic carbocycles. The summed E-state index contributed by atoms with van der Waals surface area (Å²) in [6.07, 6.45) is 46.1. The van der Waals surface area contributed by atoms with Crippen molar-refractivity contribution in [3.8, 4) is 0 Å². The Balaban J connectivity index is 0.857. The summed E-state index contributed by atoms with van der Waals surface area (Å²) in [4.78, 5) is 2.33. The third-order valence-electron chi connectivity index (χ3n) is 13.6. The molecule has 4 saturated carbocycles. The van der Waals surface area contributed by atoms with Crippen molar-refractivity contribution in [2.75, 3.05) is 27.2 Å². The van der Waals surface area contributed by atoms with Crippen molar-refractivity contribution in [2.45, 2.75) is 219 Å². The van der Waals surface area contributed by atoms with Crippen LogP contribution in [0.4, 0.5) is 0 Å². The number of likely N-dealkylation sites (N-methyl/N-ethyl adjacent to an activating group) is 1. The molecule has 0 aromatic rings. The van der Waals surface area contributed by atoms with Crippen LogP contribution in [0.5, 0.6) is 0 Å². The lowest BCUT2D eigenvalue weighted by Crippen LogP contribution is -2.28. The number of hydrogen-bond acceptors (Lipinski definition) is 2. The normalized spacial score (nSPS) is 29.4. The highest BCUT2D eigenvalue weighted by molar-refractivity contribution is 4.96. The van der Waals surface area contributed by atoms with Gasteiger partial charge >= 0.3 is 0 Å². The first kappa shape index (κ1) is 40.7. The second-order valence-electron chi connectivity index (χ2n) is 18.6. The topological polar surface area (TPSA) is 12.5 Å². The Labute approximate surface area is 302 Å². The van der Waals surface area contributed by atoms with Crippen LogP contribution in [0.3, 0.4) is 0 Å². The number of unbranched alkanes of at least 4 members (excludes halogenated alkanes) is 16. The van der Waals surface area contributed by atoms with Crippen molar-refractivity contribution in [3.63, 3.8) is 0 Å². The van der Waals surface area contributed by atoms with Gasteiger partial charge in [0.1, 0.15) is 0 Å². The number of hydrogen-bond donors (Lipinski definition) is 0. The van der Waals surface area contributed by atoms with Gasteiger partial charge in [0.15, 0.2) is 0 Å². The third kappa shape index (κ3) is 18.4. The third-order valence-corrected chi connectivity index (χ3v) is 13.6. The van der Waals surface area contributed by atoms with Crippen LogP contribution in [0.1, 0.15) is 213 Å². The van der Waals surface area contributed by atoms with E-state index in [1.807, 2.05) is 0 Å². The van der Waals surface area contributed by atoms with Crippen molar-refractivity contribution in [3.05, 3.63) is 0 Å². The summed E-state index contributed by atoms with van der Waals surface area (Å²) < 4.78 is 6.42. The monoisotopic (exact) mass is 670 g/mol. The van der Waals surface area contributed by atoms with Crippen molar-refractivity contribution in [1.82, 2.24) is 4.90 Å². The van der Waals surface area contributed by atoms with Crippen LogP contribution in [0.2, 0.25) is 0 Å². The molecule has 4 aliphatic carbocycles. The van der Waals surface area contributed by atoms with Crippen molar-refractivity contribution < 1.29 is 4.74 Å². The average molecular weight is 670 g/mol. The van der Waals surface area contributed by atoms with E-state index in [-0.39, 0.29) is 0 Å². The largest absolute Gasteiger partial charge is 0.377 e. The smallest absolute Gasteiger partial charge is 0.0701 e. The van der Waals surface area contributed by atoms with Crippen LogP contribution in [-0.4, -0.2) is 38.3 Å². The second kappa shape index (κ2) is 24.2. The molecule has 2 heteroatoms. The standard InChI is InChI=1S/C46H87NO/c1-5-7-19-25-38-31-42(38)35-44-33-40(44)27-21-15-11-9-10-12-17-23-29-46(37-47(3)4)48-30-24-18-14-13-16-22-28-41-34-45(41)36-43-32-39(43)26-20-8-6-2/h38-46H,5-37H2,1-4H3. The Morgan fingerprint density at radius 3 is 1.19 bits per heavy atom. The van der Waals surface area contributed by atoms with E-state index in [0.29, 0.717) is 6.10 Å². The Hall–Kier alpha value is -0.0800. The Morgan fingerprint density at radius 2 is 0.792 bits per heavy atom. The maximum Gasteiger partial charge on any atom is 0.0701 e. The fourth-order valence-corrected chi connectivity index (χ4v) is 9.84. The maximum absolute atomic E-state index is 6.42. The Bertz CT molecular complexity index is 780. The molecule has 0 N–H and O–H groups in total. The highest BCUT2D eigenvalue weighted by Crippen LogP contribution is 2.55. The molecule has 282 valence electrons. The predicted molar refractivity (Wildman–Crippen MR) is 211 cm³/mol. The lowest BCUT2D eigenvalue weighted by atomic mass is 10.0. The molecule has 4 fully saturated rings. The van der Waals surface area contributed by atoms with Gasteiger partial charge in [-0.05, 0) is 113 Å². The van der Waals surface area contributed by atoms with Crippen LogP contribution in [0.25, 0.3) is 0 Å². The SMILES string of the molecule is CCCCCC1CC1CC1CC1CCCCCCCCCCC(CN(C)C)OCCCCCCCCC1CC1CC1CC1CCCCC. The molecule has 0 spiro atoms. The summed E-state index contributed by atoms with van der Waals surface area (Å²) >= 11 is 0. The van der Waals surface area contributed by atoms with Crippen LogP contribution in [-0.2, 0) is 4.74 Å². The van der Waals surface area contributed by atoms with Crippen molar-refractivity contribution in [1.29, 1.82) is 0 Å². The lowest BCUT2D eigenvalue weighted by molar-refractivity contribution is 0.0266. The molecule has 4 rings (SSSR count). The van der Waals surface area contributed by atoms with Gasteiger partial charge in [-0.2, -0.15) is 0 Å². The summed E-state index contributed by atoms with van der Waals surface area (Å²) in [5.74, 6) is 9.04. The number of nitrogens with zero attached hydrogens (tertiary/aromatic N) is 1. The minimum Gasteiger partial charge on any atom is -0.377 e. The second-order valence-corrected chi connectivity index (χ2v) is 18.6. The first-order chi connectivity index (χ1) is 23.6. The van der Waals surface area contributed by atoms with Gasteiger partial charge in [-0.15, -0.1) is 0 Å². The fraction of sp³-hybridized carbons (Fsp3) is 1.00. The maximum atomic E-state index is 6.42. The summed E-state index contributed by atoms with van der Waals surface area (Å²) in [7, 11) is 4.41. The highest BCUT2D eigenvalue weighted by atomic mass is 16.5. The zero-order chi connectivity index (χ0) is 33.8. The molecule has 0 amide bonds. The Kier molecular flexibility index (Phi) is 20.5. The molecule has 0 radical (unpaired) electrons. The molecular formula is C46H87NO. The summed E-state index contributed by atoms with van der Waals surface area (Å²) in [6.45, 7) is 6.73. The van der Waals surface area contributed by atoms with Gasteiger partial charge in [0.2, 0.25) is 0 Å². The van der Waals surface area contributed by atoms with E-state index in [4.69, 9.17) is 4.74 Å². The molecule has 9 atom stereocenters. The zero-order valence-corrected chi connectivity index (χ0v) is 33.4. The molecule has 4 aliphatic rings. The minimum atomic E-state index is 0.437. The van der Waals surface area contributed by atoms with E-state index in [2.05, 4.69) is 32.8 Å². The van der Waals surface area contributed by atoms with Gasteiger partial charge in [-0.1, -0.05) is 162 Å². The van der Waals surface area contributed by atoms with Crippen molar-refractivity contribution >= 4 is 0 Å². The van der Waals surface area contributed by atoms with Gasteiger partial charge in [-0.25, -0.2) is 0 Å². The summed E-state index contributed by atoms with van der Waals surface area (Å²) in [5, 5.41) is 0. The molecule has 0 aliphatic heterocycles. The van der Waals surface area contributed by atoms with Gasteiger partial charge in [0, 0.05) is 13.2 Å². The van der Waals surface area contributed by atoms with Crippen molar-refractivity contribution in [2.24, 2.45) is 47.3 Å². The van der Waals surface area contributed by atoms with E-state index in [1.165, 1.54) is 148 Å². The molecule has 48 heavy (non-hydrogen) atoms. The fourth-order valence-electron chi connectivity index (χ4n) is 9.84. The van der Waals surface area contributed by atoms with Gasteiger partial charge in [-0.3, -0.25) is 0 Å². The van der Waals surface area contributed by atoms with E-state index < -0.39 is 0 Å². The molecule has 0 bridgehead atoms. The molecule has 0 heterocycles. The first-order valence-corrected chi connectivity index (χ1v) is 22.8. The van der Waals surface area contributed by atoms with E-state index in [9.17, 15) is 0 Å². The first-order valence-electron chi connectivity index (χ1n) is 22.8. The molecule has 0 saturated heterocycles. The minimum absolute atomic E-state index is 0.437. The number of rotatable bonds is 35. The lowest BCUT2D eigenvalue weighted by Gasteiger charge is -2.21. The predicted octanol–water partition coefficient (Wildman–Crippen LogP) is 14.1. The highest BCUT2D eigenvalue weighted by Gasteiger charge is 2.45. The van der Waals surface area contributed by atoms with Gasteiger partial charge in [0.25, 0.3) is 0 Å². The quantitative estimate of drug-likeness (QED) is 0.0623. The molecule has 9 unspecified atom stereocenters. The molecule has 0 aromatic heterocycles. The zero-order valence-electron chi connectivity index (χ0n) is 33.4. The summed E-state index contributed by atoms with van der Waals surface area (Å²) in [5.41, 5.74) is 0.